The molecule has 1 amide bonds. The first-order valence-corrected chi connectivity index (χ1v) is 6.55. The molecule has 0 aliphatic rings. The van der Waals surface area contributed by atoms with Crippen LogP contribution in [-0.4, -0.2) is 15.7 Å². The lowest BCUT2D eigenvalue weighted by Crippen LogP contribution is -2.21. The highest BCUT2D eigenvalue weighted by Crippen LogP contribution is 2.18. The van der Waals surface area contributed by atoms with Gasteiger partial charge < -0.3 is 11.1 Å². The van der Waals surface area contributed by atoms with Crippen molar-refractivity contribution in [3.63, 3.8) is 0 Å². The molecule has 3 N–H and O–H groups in total. The van der Waals surface area contributed by atoms with Gasteiger partial charge in [-0.2, -0.15) is 5.10 Å². The topological polar surface area (TPSA) is 72.9 Å². The number of hydrogen-bond donors (Lipinski definition) is 2. The van der Waals surface area contributed by atoms with Crippen LogP contribution < -0.4 is 11.1 Å². The van der Waals surface area contributed by atoms with E-state index in [1.165, 1.54) is 0 Å². The minimum Gasteiger partial charge on any atom is -0.399 e. The first kappa shape index (κ1) is 14.1. The van der Waals surface area contributed by atoms with E-state index < -0.39 is 0 Å². The molecule has 1 aromatic carbocycles. The van der Waals surface area contributed by atoms with Gasteiger partial charge in [-0.3, -0.25) is 9.48 Å². The van der Waals surface area contributed by atoms with Gasteiger partial charge in [-0.1, -0.05) is 6.07 Å². The quantitative estimate of drug-likeness (QED) is 0.842. The fraction of sp³-hybridized carbons (Fsp3) is 0.333. The second kappa shape index (κ2) is 5.36. The molecule has 0 radical (unpaired) electrons. The molecule has 5 heteroatoms. The van der Waals surface area contributed by atoms with Crippen molar-refractivity contribution in [2.45, 2.75) is 34.2 Å². The third kappa shape index (κ3) is 2.82. The highest BCUT2D eigenvalue weighted by molar-refractivity contribution is 5.91. The highest BCUT2D eigenvalue weighted by atomic mass is 16.2. The number of aryl methyl sites for hydroxylation is 2. The summed E-state index contributed by atoms with van der Waals surface area (Å²) in [6, 6.07) is 5.47. The van der Waals surface area contributed by atoms with Gasteiger partial charge in [0.2, 0.25) is 5.91 Å². The lowest BCUT2D eigenvalue weighted by molar-refractivity contribution is -0.116. The molecule has 2 rings (SSSR count). The van der Waals surface area contributed by atoms with Gasteiger partial charge in [-0.15, -0.1) is 0 Å². The van der Waals surface area contributed by atoms with Crippen molar-refractivity contribution in [3.8, 4) is 0 Å². The van der Waals surface area contributed by atoms with E-state index in [1.54, 1.807) is 10.7 Å². The SMILES string of the molecule is Cc1ccc(N)cc1NC(=O)Cn1nc(C)c(C)c1C. The third-order valence-electron chi connectivity index (χ3n) is 3.57. The Kier molecular flexibility index (Phi) is 3.79. The van der Waals surface area contributed by atoms with Gasteiger partial charge in [0.25, 0.3) is 0 Å². The van der Waals surface area contributed by atoms with Crippen molar-refractivity contribution in [2.75, 3.05) is 11.1 Å². The normalized spacial score (nSPS) is 10.6. The zero-order valence-corrected chi connectivity index (χ0v) is 12.3. The van der Waals surface area contributed by atoms with Gasteiger partial charge >= 0.3 is 0 Å². The van der Waals surface area contributed by atoms with Gasteiger partial charge in [0, 0.05) is 17.1 Å². The van der Waals surface area contributed by atoms with Crippen LogP contribution in [0.4, 0.5) is 11.4 Å². The molecule has 0 atom stereocenters. The molecule has 0 aliphatic carbocycles. The Morgan fingerprint density at radius 2 is 2.00 bits per heavy atom. The molecule has 0 aliphatic heterocycles. The number of nitrogens with zero attached hydrogens (tertiary/aromatic N) is 2. The number of nitrogen functional groups attached to an aromatic ring is 1. The Bertz CT molecular complexity index is 658. The zero-order valence-electron chi connectivity index (χ0n) is 12.3. The van der Waals surface area contributed by atoms with E-state index in [0.29, 0.717) is 5.69 Å². The fourth-order valence-electron chi connectivity index (χ4n) is 2.04. The van der Waals surface area contributed by atoms with Crippen LogP contribution in [0.15, 0.2) is 18.2 Å². The van der Waals surface area contributed by atoms with E-state index >= 15 is 0 Å². The van der Waals surface area contributed by atoms with Crippen LogP contribution in [0.1, 0.15) is 22.5 Å². The predicted octanol–water partition coefficient (Wildman–Crippen LogP) is 2.34. The smallest absolute Gasteiger partial charge is 0.246 e. The molecule has 2 aromatic rings. The summed E-state index contributed by atoms with van der Waals surface area (Å²) in [5, 5.41) is 7.24. The summed E-state index contributed by atoms with van der Waals surface area (Å²) in [4.78, 5) is 12.1. The summed E-state index contributed by atoms with van der Waals surface area (Å²) in [5.41, 5.74) is 11.2. The first-order valence-electron chi connectivity index (χ1n) is 6.55. The first-order chi connectivity index (χ1) is 9.38. The van der Waals surface area contributed by atoms with Gasteiger partial charge in [-0.05, 0) is 51.0 Å². The summed E-state index contributed by atoms with van der Waals surface area (Å²) in [7, 11) is 0. The number of rotatable bonds is 3. The second-order valence-electron chi connectivity index (χ2n) is 5.08. The summed E-state index contributed by atoms with van der Waals surface area (Å²) in [5.74, 6) is -0.107. The van der Waals surface area contributed by atoms with Crippen molar-refractivity contribution in [3.05, 3.63) is 40.7 Å². The molecule has 0 bridgehead atoms. The number of anilines is 2. The van der Waals surface area contributed by atoms with Crippen LogP contribution in [0.3, 0.4) is 0 Å². The Hall–Kier alpha value is -2.30. The molecule has 0 saturated heterocycles. The van der Waals surface area contributed by atoms with E-state index in [1.807, 2.05) is 39.8 Å². The van der Waals surface area contributed by atoms with Crippen LogP contribution in [0.25, 0.3) is 0 Å². The van der Waals surface area contributed by atoms with Crippen molar-refractivity contribution in [1.82, 2.24) is 9.78 Å². The van der Waals surface area contributed by atoms with Crippen LogP contribution >= 0.6 is 0 Å². The summed E-state index contributed by atoms with van der Waals surface area (Å²) in [6.07, 6.45) is 0. The Labute approximate surface area is 118 Å². The lowest BCUT2D eigenvalue weighted by Gasteiger charge is -2.10. The number of amides is 1. The van der Waals surface area contributed by atoms with Crippen LogP contribution in [0, 0.1) is 27.7 Å². The molecule has 1 aromatic heterocycles. The summed E-state index contributed by atoms with van der Waals surface area (Å²) < 4.78 is 1.72. The van der Waals surface area contributed by atoms with Crippen LogP contribution in [-0.2, 0) is 11.3 Å². The summed E-state index contributed by atoms with van der Waals surface area (Å²) >= 11 is 0. The number of hydrogen-bond acceptors (Lipinski definition) is 3. The average molecular weight is 272 g/mol. The lowest BCUT2D eigenvalue weighted by atomic mass is 10.2. The van der Waals surface area contributed by atoms with Crippen LogP contribution in [0.5, 0.6) is 0 Å². The Morgan fingerprint density at radius 1 is 1.30 bits per heavy atom. The number of benzene rings is 1. The van der Waals surface area contributed by atoms with Gasteiger partial charge in [0.15, 0.2) is 0 Å². The minimum atomic E-state index is -0.107. The van der Waals surface area contributed by atoms with E-state index in [0.717, 1.165) is 28.2 Å². The number of nitrogens with one attached hydrogen (secondary N) is 1. The molecule has 1 heterocycles. The van der Waals surface area contributed by atoms with E-state index in [2.05, 4.69) is 10.4 Å². The zero-order chi connectivity index (χ0) is 14.9. The minimum absolute atomic E-state index is 0.107. The van der Waals surface area contributed by atoms with E-state index in [9.17, 15) is 4.79 Å². The van der Waals surface area contributed by atoms with Gasteiger partial charge in [0.05, 0.1) is 5.69 Å². The largest absolute Gasteiger partial charge is 0.399 e. The van der Waals surface area contributed by atoms with E-state index in [4.69, 9.17) is 5.73 Å². The van der Waals surface area contributed by atoms with Crippen LogP contribution in [0.2, 0.25) is 0 Å². The van der Waals surface area contributed by atoms with Crippen molar-refractivity contribution in [2.24, 2.45) is 0 Å². The Balaban J connectivity index is 2.13. The fourth-order valence-corrected chi connectivity index (χ4v) is 2.04. The average Bonchev–Trinajstić information content (AvgIpc) is 2.61. The van der Waals surface area contributed by atoms with Crippen molar-refractivity contribution < 1.29 is 4.79 Å². The molecule has 106 valence electrons. The molecule has 20 heavy (non-hydrogen) atoms. The van der Waals surface area contributed by atoms with Gasteiger partial charge in [-0.25, -0.2) is 0 Å². The van der Waals surface area contributed by atoms with Crippen molar-refractivity contribution in [1.29, 1.82) is 0 Å². The third-order valence-corrected chi connectivity index (χ3v) is 3.57. The van der Waals surface area contributed by atoms with Gasteiger partial charge in [0.1, 0.15) is 6.54 Å². The molecule has 0 spiro atoms. The maximum Gasteiger partial charge on any atom is 0.246 e. The Morgan fingerprint density at radius 3 is 2.60 bits per heavy atom. The molecule has 0 saturated carbocycles. The monoisotopic (exact) mass is 272 g/mol. The van der Waals surface area contributed by atoms with Crippen molar-refractivity contribution >= 4 is 17.3 Å². The molecule has 0 unspecified atom stereocenters. The standard InChI is InChI=1S/C15H20N4O/c1-9-5-6-13(16)7-14(9)17-15(20)8-19-12(4)10(2)11(3)18-19/h5-7H,8,16H2,1-4H3,(H,17,20). The van der Waals surface area contributed by atoms with E-state index in [-0.39, 0.29) is 12.5 Å². The molecular formula is C15H20N4O. The summed E-state index contributed by atoms with van der Waals surface area (Å²) in [6.45, 7) is 8.05. The predicted molar refractivity (Wildman–Crippen MR) is 80.7 cm³/mol. The second-order valence-corrected chi connectivity index (χ2v) is 5.08. The maximum absolute atomic E-state index is 12.1. The molecule has 5 nitrogen and oxygen atoms in total. The number of nitrogens with two attached hydrogens (primary N) is 1. The number of carbonyl (C=O) groups excluding carboxylic acids is 1. The molecule has 0 fully saturated rings. The number of aromatic nitrogens is 2. The maximum atomic E-state index is 12.1. The highest BCUT2D eigenvalue weighted by Gasteiger charge is 2.11. The molecular weight excluding hydrogens is 252 g/mol. The number of carbonyl (C=O) groups is 1.